The molecule has 2 aromatic carbocycles. The predicted molar refractivity (Wildman–Crippen MR) is 186 cm³/mol. The Bertz CT molecular complexity index is 1930. The largest absolute Gasteiger partial charge is 0.415 e. The molecule has 0 saturated heterocycles. The van der Waals surface area contributed by atoms with Crippen molar-refractivity contribution >= 4 is 11.7 Å². The Kier molecular flexibility index (Phi) is 12.0. The van der Waals surface area contributed by atoms with Gasteiger partial charge in [0, 0.05) is 48.5 Å². The number of hydrogen-bond acceptors (Lipinski definition) is 9. The molecule has 3 aromatic heterocycles. The number of ketones is 1. The van der Waals surface area contributed by atoms with Crippen molar-refractivity contribution in [3.05, 3.63) is 120 Å². The van der Waals surface area contributed by atoms with Crippen molar-refractivity contribution in [2.45, 2.75) is 87.9 Å². The Morgan fingerprint density at radius 3 is 1.58 bits per heavy atom. The maximum absolute atomic E-state index is 12.6. The minimum absolute atomic E-state index is 0.00508. The van der Waals surface area contributed by atoms with Crippen LogP contribution in [-0.4, -0.2) is 54.8 Å². The van der Waals surface area contributed by atoms with E-state index in [1.54, 1.807) is 12.4 Å². The lowest BCUT2D eigenvalue weighted by Gasteiger charge is -2.29. The summed E-state index contributed by atoms with van der Waals surface area (Å²) in [5, 5.41) is 8.84. The molecule has 1 amide bonds. The van der Waals surface area contributed by atoms with Crippen molar-refractivity contribution in [3.8, 4) is 11.5 Å². The van der Waals surface area contributed by atoms with Gasteiger partial charge in [0.2, 0.25) is 0 Å². The molecule has 0 radical (unpaired) electrons. The summed E-state index contributed by atoms with van der Waals surface area (Å²) in [5.74, 6) is -1.29. The molecule has 0 atom stereocenters. The standard InChI is InChI=1S/C20H21F2N3O2.C19H18F2N4O/c21-18(22)19(27)25-13-16(26)14-11-23-17(24-12-14)10-20(8-4-5-9-20)15-6-2-1-3-7-15;20-16(21)18-25-24-17(26-18)13-11-22-15(23-12-13)10-19(8-4-5-9-19)14-6-2-1-3-7-14/h1-3,6-7,11-12,18H,4-5,8-10,13H2,(H,25,27);1-3,6-7,11-12,16H,4-5,8-10H2. The number of carbonyl (C=O) groups excluding carboxylic acids is 2. The topological polar surface area (TPSA) is 137 Å². The molecule has 276 valence electrons. The zero-order chi connectivity index (χ0) is 37.3. The van der Waals surface area contributed by atoms with Gasteiger partial charge in [-0.05, 0) is 36.8 Å². The third-order valence-electron chi connectivity index (χ3n) is 10.1. The van der Waals surface area contributed by atoms with Crippen LogP contribution in [0.5, 0.6) is 0 Å². The van der Waals surface area contributed by atoms with E-state index in [2.05, 4.69) is 66.5 Å². The Balaban J connectivity index is 0.000000181. The van der Waals surface area contributed by atoms with E-state index in [1.165, 1.54) is 36.4 Å². The van der Waals surface area contributed by atoms with Crippen LogP contribution in [0.25, 0.3) is 11.5 Å². The van der Waals surface area contributed by atoms with E-state index in [-0.39, 0.29) is 22.3 Å². The fourth-order valence-corrected chi connectivity index (χ4v) is 7.36. The number of aromatic nitrogens is 6. The van der Waals surface area contributed by atoms with Gasteiger partial charge in [0.15, 0.2) is 5.78 Å². The summed E-state index contributed by atoms with van der Waals surface area (Å²) in [6, 6.07) is 20.8. The lowest BCUT2D eigenvalue weighted by atomic mass is 9.76. The van der Waals surface area contributed by atoms with Gasteiger partial charge in [-0.1, -0.05) is 86.3 Å². The minimum atomic E-state index is -3.14. The molecule has 3 heterocycles. The van der Waals surface area contributed by atoms with E-state index < -0.39 is 37.0 Å². The van der Waals surface area contributed by atoms with Gasteiger partial charge in [0.25, 0.3) is 17.7 Å². The van der Waals surface area contributed by atoms with Crippen molar-refractivity contribution in [2.24, 2.45) is 0 Å². The zero-order valence-corrected chi connectivity index (χ0v) is 28.9. The Morgan fingerprint density at radius 1 is 0.679 bits per heavy atom. The highest BCUT2D eigenvalue weighted by Crippen LogP contribution is 2.44. The van der Waals surface area contributed by atoms with E-state index >= 15 is 0 Å². The van der Waals surface area contributed by atoms with Crippen molar-refractivity contribution in [2.75, 3.05) is 6.54 Å². The van der Waals surface area contributed by atoms with E-state index in [4.69, 9.17) is 4.42 Å². The van der Waals surface area contributed by atoms with Gasteiger partial charge in [-0.2, -0.15) is 17.6 Å². The molecule has 10 nitrogen and oxygen atoms in total. The average molecular weight is 730 g/mol. The quantitative estimate of drug-likeness (QED) is 0.102. The molecule has 53 heavy (non-hydrogen) atoms. The summed E-state index contributed by atoms with van der Waals surface area (Å²) in [5.41, 5.74) is 3.31. The van der Waals surface area contributed by atoms with E-state index in [0.29, 0.717) is 17.8 Å². The van der Waals surface area contributed by atoms with Gasteiger partial charge in [-0.25, -0.2) is 19.9 Å². The molecule has 7 rings (SSSR count). The summed E-state index contributed by atoms with van der Waals surface area (Å²) in [7, 11) is 0. The molecular formula is C39H39F4N7O3. The summed E-state index contributed by atoms with van der Waals surface area (Å²) < 4.78 is 54.4. The van der Waals surface area contributed by atoms with Gasteiger partial charge < -0.3 is 9.73 Å². The zero-order valence-electron chi connectivity index (χ0n) is 28.9. The second-order valence-corrected chi connectivity index (χ2v) is 13.5. The van der Waals surface area contributed by atoms with Crippen LogP contribution in [0, 0.1) is 0 Å². The SMILES string of the molecule is FC(F)c1nnc(-c2cnc(CC3(c4ccccc4)CCCC3)nc2)o1.O=C(CNC(=O)C(F)F)c1cnc(CC2(c3ccccc3)CCCC2)nc1. The maximum atomic E-state index is 12.6. The molecule has 5 aromatic rings. The highest BCUT2D eigenvalue weighted by molar-refractivity contribution is 5.99. The van der Waals surface area contributed by atoms with Crippen molar-refractivity contribution < 1.29 is 31.6 Å². The summed E-state index contributed by atoms with van der Waals surface area (Å²) in [6.07, 6.45) is 10.5. The smallest absolute Gasteiger partial charge is 0.315 e. The Hall–Kier alpha value is -5.40. The predicted octanol–water partition coefficient (Wildman–Crippen LogP) is 7.61. The highest BCUT2D eigenvalue weighted by Gasteiger charge is 2.37. The van der Waals surface area contributed by atoms with Crippen LogP contribution < -0.4 is 5.32 Å². The Morgan fingerprint density at radius 2 is 1.15 bits per heavy atom. The minimum Gasteiger partial charge on any atom is -0.415 e. The van der Waals surface area contributed by atoms with Crippen LogP contribution in [0.15, 0.2) is 89.9 Å². The summed E-state index contributed by atoms with van der Waals surface area (Å²) >= 11 is 0. The summed E-state index contributed by atoms with van der Waals surface area (Å²) in [6.45, 7) is -0.500. The number of halogens is 4. The van der Waals surface area contributed by atoms with Crippen LogP contribution in [0.4, 0.5) is 17.6 Å². The number of nitrogens with zero attached hydrogens (tertiary/aromatic N) is 6. The van der Waals surface area contributed by atoms with E-state index in [0.717, 1.165) is 50.8 Å². The molecule has 0 bridgehead atoms. The number of rotatable bonds is 12. The number of hydrogen-bond donors (Lipinski definition) is 1. The van der Waals surface area contributed by atoms with E-state index in [1.807, 2.05) is 29.6 Å². The van der Waals surface area contributed by atoms with Gasteiger partial charge in [-0.15, -0.1) is 10.2 Å². The number of Topliss-reactive ketones (excluding diaryl/α,β-unsaturated/α-hetero) is 1. The first-order chi connectivity index (χ1) is 25.7. The number of alkyl halides is 4. The molecule has 0 spiro atoms. The maximum Gasteiger partial charge on any atom is 0.315 e. The second-order valence-electron chi connectivity index (χ2n) is 13.5. The van der Waals surface area contributed by atoms with E-state index in [9.17, 15) is 27.2 Å². The first kappa shape index (κ1) is 37.4. The van der Waals surface area contributed by atoms with Crippen LogP contribution in [0.3, 0.4) is 0 Å². The van der Waals surface area contributed by atoms with Crippen LogP contribution in [0.1, 0.15) is 96.8 Å². The normalized spacial score (nSPS) is 16.0. The third kappa shape index (κ3) is 9.16. The van der Waals surface area contributed by atoms with Crippen molar-refractivity contribution in [1.82, 2.24) is 35.5 Å². The lowest BCUT2D eigenvalue weighted by Crippen LogP contribution is -2.34. The monoisotopic (exact) mass is 729 g/mol. The Labute approximate surface area is 303 Å². The molecule has 0 unspecified atom stereocenters. The third-order valence-corrected chi connectivity index (χ3v) is 10.1. The van der Waals surface area contributed by atoms with Crippen molar-refractivity contribution in [3.63, 3.8) is 0 Å². The first-order valence-corrected chi connectivity index (χ1v) is 17.6. The molecule has 14 heteroatoms. The fourth-order valence-electron chi connectivity index (χ4n) is 7.36. The van der Waals surface area contributed by atoms with Gasteiger partial charge in [0.05, 0.1) is 17.7 Å². The molecule has 2 aliphatic rings. The number of benzene rings is 2. The number of carbonyl (C=O) groups is 2. The van der Waals surface area contributed by atoms with Gasteiger partial charge >= 0.3 is 12.9 Å². The fraction of sp³-hybridized carbons (Fsp3) is 0.385. The van der Waals surface area contributed by atoms with Crippen LogP contribution >= 0.6 is 0 Å². The number of nitrogens with one attached hydrogen (secondary N) is 1. The summed E-state index contributed by atoms with van der Waals surface area (Å²) in [4.78, 5) is 40.3. The van der Waals surface area contributed by atoms with Gasteiger partial charge in [-0.3, -0.25) is 9.59 Å². The molecule has 2 fully saturated rings. The molecule has 1 N–H and O–H groups in total. The highest BCUT2D eigenvalue weighted by atomic mass is 19.3. The van der Waals surface area contributed by atoms with Gasteiger partial charge in [0.1, 0.15) is 11.6 Å². The van der Waals surface area contributed by atoms with Crippen molar-refractivity contribution in [1.29, 1.82) is 0 Å². The molecule has 2 aliphatic carbocycles. The molecule has 0 aliphatic heterocycles. The van der Waals surface area contributed by atoms with Crippen LogP contribution in [-0.2, 0) is 28.5 Å². The molecule has 2 saturated carbocycles. The lowest BCUT2D eigenvalue weighted by molar-refractivity contribution is -0.131. The van der Waals surface area contributed by atoms with Crippen LogP contribution in [0.2, 0.25) is 0 Å². The number of amides is 1. The first-order valence-electron chi connectivity index (χ1n) is 17.6. The molecular weight excluding hydrogens is 690 g/mol. The second kappa shape index (κ2) is 17.0. The average Bonchev–Trinajstić information content (AvgIpc) is 3.99.